The average molecular weight is 1210 g/mol. The quantitative estimate of drug-likeness (QED) is 0.0195. The fourth-order valence-corrected chi connectivity index (χ4v) is 11.6. The highest BCUT2D eigenvalue weighted by atomic mass is 16.7. The molecule has 0 aromatic carbocycles. The van der Waals surface area contributed by atoms with Crippen molar-refractivity contribution in [1.29, 1.82) is 0 Å². The minimum Gasteiger partial charge on any atom is -0.454 e. The van der Waals surface area contributed by atoms with Gasteiger partial charge in [0, 0.05) is 6.42 Å². The van der Waals surface area contributed by atoms with Crippen LogP contribution in [-0.4, -0.2) is 99.6 Å². The maximum absolute atomic E-state index is 13.5. The first-order valence-corrected chi connectivity index (χ1v) is 36.9. The van der Waals surface area contributed by atoms with E-state index in [1.807, 2.05) is 6.08 Å². The van der Waals surface area contributed by atoms with Crippen molar-refractivity contribution in [3.05, 3.63) is 48.6 Å². The highest BCUT2D eigenvalue weighted by molar-refractivity contribution is 5.80. The number of carbonyl (C=O) groups is 2. The molecule has 0 aromatic rings. The Bertz CT molecular complexity index is 1590. The third kappa shape index (κ3) is 49.4. The molecule has 8 unspecified atom stereocenters. The second-order valence-electron chi connectivity index (χ2n) is 25.7. The van der Waals surface area contributed by atoms with E-state index < -0.39 is 67.4 Å². The lowest BCUT2D eigenvalue weighted by atomic mass is 9.99. The first kappa shape index (κ1) is 81.6. The Kier molecular flexibility index (Phi) is 59.6. The van der Waals surface area contributed by atoms with Crippen LogP contribution >= 0.6 is 0 Å². The second-order valence-corrected chi connectivity index (χ2v) is 25.7. The Morgan fingerprint density at radius 1 is 0.453 bits per heavy atom. The maximum atomic E-state index is 13.5. The average Bonchev–Trinajstić information content (AvgIpc) is 3.59. The topological polar surface area (TPSA) is 175 Å². The molecule has 0 aliphatic carbocycles. The standard InChI is InChI=1S/C75H139NO10/c1-4-7-10-13-16-19-22-25-27-29-31-32-33-34-35-36-37-38-39-41-43-45-48-51-54-57-60-63-70(80)86-73-72(82)71(81)69(64-77)85-75(73)84-65-66(67(78)61-58-55-52-49-46-24-21-18-15-12-9-6-3)76-74(83)68(79)62-59-56-53-50-47-44-42-40-30-28-26-23-20-17-14-11-8-5-2/h17,20,25-28,58,61,66-69,71-73,75,77-79,81-82H,4-16,18-19,21-24,29-57,59-60,62-65H2,1-3H3,(H,76,83)/b20-17-,27-25+,28-26-,61-58+. The summed E-state index contributed by atoms with van der Waals surface area (Å²) in [7, 11) is 0. The molecule has 504 valence electrons. The Morgan fingerprint density at radius 2 is 0.802 bits per heavy atom. The first-order valence-electron chi connectivity index (χ1n) is 36.9. The zero-order valence-corrected chi connectivity index (χ0v) is 56.2. The van der Waals surface area contributed by atoms with Crippen LogP contribution in [0.15, 0.2) is 48.6 Å². The number of hydrogen-bond acceptors (Lipinski definition) is 10. The minimum absolute atomic E-state index is 0.127. The molecule has 0 spiro atoms. The molecule has 86 heavy (non-hydrogen) atoms. The monoisotopic (exact) mass is 1210 g/mol. The lowest BCUT2D eigenvalue weighted by Gasteiger charge is -2.41. The molecule has 1 aliphatic heterocycles. The van der Waals surface area contributed by atoms with Crippen LogP contribution < -0.4 is 5.32 Å². The highest BCUT2D eigenvalue weighted by Gasteiger charge is 2.47. The highest BCUT2D eigenvalue weighted by Crippen LogP contribution is 2.26. The number of unbranched alkanes of at least 4 members (excludes halogenated alkanes) is 44. The van der Waals surface area contributed by atoms with E-state index in [9.17, 15) is 35.1 Å². The van der Waals surface area contributed by atoms with Crippen LogP contribution in [0.1, 0.15) is 355 Å². The molecule has 8 atom stereocenters. The van der Waals surface area contributed by atoms with Gasteiger partial charge in [0.2, 0.25) is 5.91 Å². The number of aliphatic hydroxyl groups excluding tert-OH is 5. The molecule has 1 amide bonds. The second kappa shape index (κ2) is 62.8. The number of hydrogen-bond donors (Lipinski definition) is 6. The van der Waals surface area contributed by atoms with Crippen LogP contribution in [0.5, 0.6) is 0 Å². The van der Waals surface area contributed by atoms with Crippen molar-refractivity contribution >= 4 is 11.9 Å². The van der Waals surface area contributed by atoms with Crippen molar-refractivity contribution in [2.45, 2.75) is 404 Å². The zero-order chi connectivity index (χ0) is 62.4. The van der Waals surface area contributed by atoms with Crippen LogP contribution in [-0.2, 0) is 23.8 Å². The molecule has 0 aromatic heterocycles. The Hall–Kier alpha value is -2.38. The molecule has 1 rings (SSSR count). The number of esters is 1. The largest absolute Gasteiger partial charge is 0.454 e. The number of nitrogens with one attached hydrogen (secondary N) is 1. The van der Waals surface area contributed by atoms with Crippen LogP contribution in [0, 0.1) is 0 Å². The number of rotatable bonds is 64. The Labute approximate surface area is 529 Å². The number of carbonyl (C=O) groups excluding carboxylic acids is 2. The molecule has 1 saturated heterocycles. The van der Waals surface area contributed by atoms with Crippen LogP contribution in [0.4, 0.5) is 0 Å². The van der Waals surface area contributed by atoms with Gasteiger partial charge in [-0.3, -0.25) is 9.59 Å². The predicted octanol–water partition coefficient (Wildman–Crippen LogP) is 19.1. The predicted molar refractivity (Wildman–Crippen MR) is 361 cm³/mol. The van der Waals surface area contributed by atoms with E-state index >= 15 is 0 Å². The maximum Gasteiger partial charge on any atom is 0.306 e. The van der Waals surface area contributed by atoms with Gasteiger partial charge in [-0.25, -0.2) is 0 Å². The van der Waals surface area contributed by atoms with E-state index in [0.717, 1.165) is 70.6 Å². The molecular weight excluding hydrogens is 1070 g/mol. The summed E-state index contributed by atoms with van der Waals surface area (Å²) < 4.78 is 17.7. The number of allylic oxidation sites excluding steroid dienone is 7. The lowest BCUT2D eigenvalue weighted by Crippen LogP contribution is -2.61. The third-order valence-corrected chi connectivity index (χ3v) is 17.5. The van der Waals surface area contributed by atoms with E-state index in [-0.39, 0.29) is 19.4 Å². The molecule has 0 radical (unpaired) electrons. The molecule has 0 bridgehead atoms. The smallest absolute Gasteiger partial charge is 0.306 e. The number of aliphatic hydroxyl groups is 5. The van der Waals surface area contributed by atoms with Crippen LogP contribution in [0.25, 0.3) is 0 Å². The summed E-state index contributed by atoms with van der Waals surface area (Å²) in [6, 6.07) is -1.03. The molecule has 11 nitrogen and oxygen atoms in total. The van der Waals surface area contributed by atoms with E-state index in [0.29, 0.717) is 12.8 Å². The van der Waals surface area contributed by atoms with Gasteiger partial charge in [0.05, 0.1) is 25.4 Å². The summed E-state index contributed by atoms with van der Waals surface area (Å²) >= 11 is 0. The first-order chi connectivity index (χ1) is 42.2. The van der Waals surface area contributed by atoms with Crippen molar-refractivity contribution in [2.24, 2.45) is 0 Å². The van der Waals surface area contributed by atoms with Gasteiger partial charge in [-0.1, -0.05) is 313 Å². The van der Waals surface area contributed by atoms with E-state index in [1.165, 1.54) is 238 Å². The minimum atomic E-state index is -1.61. The molecule has 1 aliphatic rings. The molecule has 6 N–H and O–H groups in total. The lowest BCUT2D eigenvalue weighted by molar-refractivity contribution is -0.305. The van der Waals surface area contributed by atoms with Gasteiger partial charge >= 0.3 is 5.97 Å². The summed E-state index contributed by atoms with van der Waals surface area (Å²) in [5, 5.41) is 57.3. The summed E-state index contributed by atoms with van der Waals surface area (Å²) in [6.45, 7) is 5.81. The summed E-state index contributed by atoms with van der Waals surface area (Å²) in [5.74, 6) is -1.18. The molecule has 1 heterocycles. The van der Waals surface area contributed by atoms with Gasteiger partial charge in [0.25, 0.3) is 0 Å². The van der Waals surface area contributed by atoms with Gasteiger partial charge in [0.1, 0.15) is 24.4 Å². The molecular formula is C75H139NO10. The number of ether oxygens (including phenoxy) is 3. The SMILES string of the molecule is CCCCC/C=C\C/C=C\CCCCCCCCCCC(O)C(=O)NC(COC1OC(CO)C(O)C(O)C1OC(=O)CCCCCCCCCCCCCCCCCCC/C=C/CCCCCCCC)C(O)/C=C/CCCCCCCCCCCC. The van der Waals surface area contributed by atoms with Crippen LogP contribution in [0.3, 0.4) is 0 Å². The summed E-state index contributed by atoms with van der Waals surface area (Å²) in [5.41, 5.74) is 0. The van der Waals surface area contributed by atoms with Gasteiger partial charge in [-0.15, -0.1) is 0 Å². The van der Waals surface area contributed by atoms with Crippen molar-refractivity contribution in [3.63, 3.8) is 0 Å². The molecule has 11 heteroatoms. The Balaban J connectivity index is 2.52. The fraction of sp³-hybridized carbons (Fsp3) is 0.867. The van der Waals surface area contributed by atoms with Crippen molar-refractivity contribution in [3.8, 4) is 0 Å². The van der Waals surface area contributed by atoms with Crippen LogP contribution in [0.2, 0.25) is 0 Å². The number of amides is 1. The third-order valence-electron chi connectivity index (χ3n) is 17.5. The van der Waals surface area contributed by atoms with E-state index in [1.54, 1.807) is 6.08 Å². The summed E-state index contributed by atoms with van der Waals surface area (Å²) in [6.07, 6.45) is 68.7. The van der Waals surface area contributed by atoms with Gasteiger partial charge in [0.15, 0.2) is 12.4 Å². The van der Waals surface area contributed by atoms with Crippen molar-refractivity contribution < 1.29 is 49.3 Å². The molecule has 0 saturated carbocycles. The van der Waals surface area contributed by atoms with Gasteiger partial charge < -0.3 is 45.1 Å². The van der Waals surface area contributed by atoms with Crippen molar-refractivity contribution in [1.82, 2.24) is 5.32 Å². The Morgan fingerprint density at radius 3 is 1.22 bits per heavy atom. The van der Waals surface area contributed by atoms with Crippen molar-refractivity contribution in [2.75, 3.05) is 13.2 Å². The fourth-order valence-electron chi connectivity index (χ4n) is 11.6. The summed E-state index contributed by atoms with van der Waals surface area (Å²) in [4.78, 5) is 26.7. The zero-order valence-electron chi connectivity index (χ0n) is 56.2. The van der Waals surface area contributed by atoms with E-state index in [2.05, 4.69) is 62.5 Å². The van der Waals surface area contributed by atoms with Gasteiger partial charge in [-0.05, 0) is 83.5 Å². The van der Waals surface area contributed by atoms with Gasteiger partial charge in [-0.2, -0.15) is 0 Å². The molecule has 1 fully saturated rings. The van der Waals surface area contributed by atoms with E-state index in [4.69, 9.17) is 14.2 Å². The normalized spacial score (nSPS) is 18.5.